The molecule has 0 bridgehead atoms. The number of aliphatic hydroxyl groups excluding tert-OH is 2. The van der Waals surface area contributed by atoms with Crippen molar-refractivity contribution in [2.45, 2.75) is 0 Å². The van der Waals surface area contributed by atoms with Gasteiger partial charge in [0.1, 0.15) is 0 Å². The van der Waals surface area contributed by atoms with Gasteiger partial charge in [-0.2, -0.15) is 5.10 Å². The minimum Gasteiger partial charge on any atom is -0.395 e. The summed E-state index contributed by atoms with van der Waals surface area (Å²) in [4.78, 5) is 1.75. The molecule has 0 aliphatic rings. The Morgan fingerprint density at radius 3 is 2.36 bits per heavy atom. The number of anilines is 2. The van der Waals surface area contributed by atoms with E-state index in [-0.39, 0.29) is 13.2 Å². The van der Waals surface area contributed by atoms with E-state index in [0.29, 0.717) is 24.6 Å². The number of hydrogen-bond donors (Lipinski definition) is 3. The molecule has 0 aromatic carbocycles. The van der Waals surface area contributed by atoms with Crippen LogP contribution in [0.5, 0.6) is 0 Å². The third kappa shape index (κ3) is 2.36. The Morgan fingerprint density at radius 1 is 1.43 bits per heavy atom. The van der Waals surface area contributed by atoms with Crippen LogP contribution in [0, 0.1) is 0 Å². The minimum absolute atomic E-state index is 0.00993. The quantitative estimate of drug-likeness (QED) is 0.555. The van der Waals surface area contributed by atoms with Gasteiger partial charge in [-0.05, 0) is 0 Å². The SMILES string of the molecule is Cn1cc(N)c(N(CCO)CCO)n1. The van der Waals surface area contributed by atoms with Crippen molar-refractivity contribution in [3.63, 3.8) is 0 Å². The molecule has 0 fully saturated rings. The molecule has 0 saturated heterocycles. The van der Waals surface area contributed by atoms with Crippen LogP contribution in [0.2, 0.25) is 0 Å². The molecule has 0 atom stereocenters. The summed E-state index contributed by atoms with van der Waals surface area (Å²) >= 11 is 0. The Labute approximate surface area is 82.6 Å². The number of hydrogen-bond acceptors (Lipinski definition) is 5. The molecule has 1 rings (SSSR count). The molecule has 80 valence electrons. The highest BCUT2D eigenvalue weighted by atomic mass is 16.3. The molecular formula is C8H16N4O2. The van der Waals surface area contributed by atoms with Crippen molar-refractivity contribution in [3.05, 3.63) is 6.20 Å². The molecule has 4 N–H and O–H groups in total. The number of aryl methyl sites for hydroxylation is 1. The molecular weight excluding hydrogens is 184 g/mol. The van der Waals surface area contributed by atoms with Crippen molar-refractivity contribution in [3.8, 4) is 0 Å². The smallest absolute Gasteiger partial charge is 0.174 e. The summed E-state index contributed by atoms with van der Waals surface area (Å²) in [7, 11) is 1.77. The molecule has 0 unspecified atom stereocenters. The molecule has 0 radical (unpaired) electrons. The maximum atomic E-state index is 8.82. The van der Waals surface area contributed by atoms with Gasteiger partial charge in [0.15, 0.2) is 5.82 Å². The number of nitrogen functional groups attached to an aromatic ring is 1. The summed E-state index contributed by atoms with van der Waals surface area (Å²) in [6.07, 6.45) is 1.69. The van der Waals surface area contributed by atoms with Gasteiger partial charge in [0, 0.05) is 26.3 Å². The lowest BCUT2D eigenvalue weighted by atomic mass is 10.4. The van der Waals surface area contributed by atoms with Crippen molar-refractivity contribution >= 4 is 11.5 Å². The highest BCUT2D eigenvalue weighted by Crippen LogP contribution is 2.19. The fourth-order valence-corrected chi connectivity index (χ4v) is 1.31. The van der Waals surface area contributed by atoms with Crippen molar-refractivity contribution in [2.75, 3.05) is 36.9 Å². The molecule has 1 aromatic heterocycles. The normalized spacial score (nSPS) is 10.5. The molecule has 1 heterocycles. The Hall–Kier alpha value is -1.27. The second kappa shape index (κ2) is 4.83. The van der Waals surface area contributed by atoms with Crippen LogP contribution in [0.3, 0.4) is 0 Å². The van der Waals surface area contributed by atoms with E-state index in [2.05, 4.69) is 5.10 Å². The number of nitrogens with two attached hydrogens (primary N) is 1. The first kappa shape index (κ1) is 10.8. The molecule has 1 aromatic rings. The number of aliphatic hydroxyl groups is 2. The average Bonchev–Trinajstić information content (AvgIpc) is 2.45. The first-order valence-corrected chi connectivity index (χ1v) is 4.44. The summed E-state index contributed by atoms with van der Waals surface area (Å²) < 4.78 is 1.60. The van der Waals surface area contributed by atoms with Crippen LogP contribution in [0.4, 0.5) is 11.5 Å². The maximum absolute atomic E-state index is 8.82. The van der Waals surface area contributed by atoms with Gasteiger partial charge in [0.2, 0.25) is 0 Å². The summed E-state index contributed by atoms with van der Waals surface area (Å²) in [5.74, 6) is 0.607. The molecule has 0 aliphatic heterocycles. The minimum atomic E-state index is 0.00993. The first-order chi connectivity index (χ1) is 6.69. The van der Waals surface area contributed by atoms with Gasteiger partial charge in [-0.3, -0.25) is 4.68 Å². The fraction of sp³-hybridized carbons (Fsp3) is 0.625. The van der Waals surface area contributed by atoms with E-state index in [0.717, 1.165) is 0 Å². The number of rotatable bonds is 5. The van der Waals surface area contributed by atoms with Crippen molar-refractivity contribution in [2.24, 2.45) is 7.05 Å². The largest absolute Gasteiger partial charge is 0.395 e. The van der Waals surface area contributed by atoms with E-state index in [1.54, 1.807) is 22.8 Å². The van der Waals surface area contributed by atoms with Gasteiger partial charge < -0.3 is 20.8 Å². The van der Waals surface area contributed by atoms with Gasteiger partial charge in [-0.25, -0.2) is 0 Å². The van der Waals surface area contributed by atoms with Gasteiger partial charge in [0.05, 0.1) is 18.9 Å². The standard InChI is InChI=1S/C8H16N4O2/c1-11-6-7(9)8(10-11)12(2-4-13)3-5-14/h6,13-14H,2-5,9H2,1H3. The van der Waals surface area contributed by atoms with Crippen LogP contribution in [0.25, 0.3) is 0 Å². The van der Waals surface area contributed by atoms with Crippen LogP contribution in [0.15, 0.2) is 6.20 Å². The Balaban J connectivity index is 2.80. The zero-order valence-electron chi connectivity index (χ0n) is 8.22. The van der Waals surface area contributed by atoms with Gasteiger partial charge >= 0.3 is 0 Å². The van der Waals surface area contributed by atoms with Gasteiger partial charge in [0.25, 0.3) is 0 Å². The van der Waals surface area contributed by atoms with Crippen molar-refractivity contribution < 1.29 is 10.2 Å². The zero-order chi connectivity index (χ0) is 10.6. The molecule has 0 spiro atoms. The van der Waals surface area contributed by atoms with E-state index < -0.39 is 0 Å². The highest BCUT2D eigenvalue weighted by molar-refractivity contribution is 5.61. The second-order valence-electron chi connectivity index (χ2n) is 3.02. The Kier molecular flexibility index (Phi) is 3.73. The summed E-state index contributed by atoms with van der Waals surface area (Å²) in [6, 6.07) is 0. The van der Waals surface area contributed by atoms with Crippen LogP contribution in [-0.2, 0) is 7.05 Å². The lowest BCUT2D eigenvalue weighted by molar-refractivity contribution is 0.280. The summed E-state index contributed by atoms with van der Waals surface area (Å²) in [5, 5.41) is 21.8. The third-order valence-electron chi connectivity index (χ3n) is 1.88. The lowest BCUT2D eigenvalue weighted by Gasteiger charge is -2.20. The Morgan fingerprint density at radius 2 is 2.00 bits per heavy atom. The summed E-state index contributed by atoms with van der Waals surface area (Å²) in [6.45, 7) is 0.857. The van der Waals surface area contributed by atoms with Crippen molar-refractivity contribution in [1.82, 2.24) is 9.78 Å². The molecule has 6 nitrogen and oxygen atoms in total. The first-order valence-electron chi connectivity index (χ1n) is 4.44. The van der Waals surface area contributed by atoms with E-state index in [1.165, 1.54) is 0 Å². The second-order valence-corrected chi connectivity index (χ2v) is 3.02. The van der Waals surface area contributed by atoms with Gasteiger partial charge in [-0.15, -0.1) is 0 Å². The van der Waals surface area contributed by atoms with E-state index >= 15 is 0 Å². The van der Waals surface area contributed by atoms with Crippen LogP contribution < -0.4 is 10.6 Å². The predicted molar refractivity (Wildman–Crippen MR) is 54.0 cm³/mol. The summed E-state index contributed by atoms with van der Waals surface area (Å²) in [5.41, 5.74) is 6.26. The van der Waals surface area contributed by atoms with Gasteiger partial charge in [-0.1, -0.05) is 0 Å². The van der Waals surface area contributed by atoms with Crippen LogP contribution in [0.1, 0.15) is 0 Å². The van der Waals surface area contributed by atoms with E-state index in [4.69, 9.17) is 15.9 Å². The third-order valence-corrected chi connectivity index (χ3v) is 1.88. The monoisotopic (exact) mass is 200 g/mol. The fourth-order valence-electron chi connectivity index (χ4n) is 1.31. The van der Waals surface area contributed by atoms with Crippen molar-refractivity contribution in [1.29, 1.82) is 0 Å². The highest BCUT2D eigenvalue weighted by Gasteiger charge is 2.12. The van der Waals surface area contributed by atoms with E-state index in [9.17, 15) is 0 Å². The molecule has 0 aliphatic carbocycles. The predicted octanol–water partition coefficient (Wildman–Crippen LogP) is -1.21. The lowest BCUT2D eigenvalue weighted by Crippen LogP contribution is -2.30. The van der Waals surface area contributed by atoms with Crippen LogP contribution >= 0.6 is 0 Å². The molecule has 0 saturated carbocycles. The maximum Gasteiger partial charge on any atom is 0.174 e. The topological polar surface area (TPSA) is 87.5 Å². The molecule has 14 heavy (non-hydrogen) atoms. The molecule has 0 amide bonds. The zero-order valence-corrected chi connectivity index (χ0v) is 8.22. The van der Waals surface area contributed by atoms with E-state index in [1.807, 2.05) is 0 Å². The molecule has 6 heteroatoms. The number of nitrogens with zero attached hydrogens (tertiary/aromatic N) is 3. The number of aromatic nitrogens is 2. The Bertz CT molecular complexity index is 281. The van der Waals surface area contributed by atoms with Crippen LogP contribution in [-0.4, -0.2) is 46.3 Å². The average molecular weight is 200 g/mol.